The molecule has 0 aromatic heterocycles. The largest absolute Gasteiger partial charge is 0.493 e. The maximum Gasteiger partial charge on any atom is 0.338 e. The Morgan fingerprint density at radius 1 is 1.12 bits per heavy atom. The molecule has 9 nitrogen and oxygen atoms in total. The van der Waals surface area contributed by atoms with Crippen LogP contribution in [-0.4, -0.2) is 61.0 Å². The second-order valence-corrected chi connectivity index (χ2v) is 8.43. The highest BCUT2D eigenvalue weighted by molar-refractivity contribution is 8.15. The molecule has 3 rings (SSSR count). The monoisotopic (exact) mass is 485 g/mol. The first kappa shape index (κ1) is 25.1. The van der Waals surface area contributed by atoms with Gasteiger partial charge < -0.3 is 19.5 Å². The molecule has 2 aromatic carbocycles. The maximum absolute atomic E-state index is 13.1. The van der Waals surface area contributed by atoms with Gasteiger partial charge in [0.15, 0.2) is 16.7 Å². The van der Waals surface area contributed by atoms with Crippen LogP contribution in [0, 0.1) is 0 Å². The predicted molar refractivity (Wildman–Crippen MR) is 130 cm³/mol. The molecule has 1 fully saturated rings. The normalized spacial score (nSPS) is 16.8. The molecule has 1 aliphatic heterocycles. The van der Waals surface area contributed by atoms with Crippen molar-refractivity contribution in [3.8, 4) is 11.5 Å². The summed E-state index contributed by atoms with van der Waals surface area (Å²) < 4.78 is 15.7. The molecule has 1 saturated heterocycles. The summed E-state index contributed by atoms with van der Waals surface area (Å²) in [5.74, 6) is 0.256. The highest BCUT2D eigenvalue weighted by atomic mass is 32.2. The number of nitrogens with zero attached hydrogens (tertiary/aromatic N) is 2. The third-order valence-corrected chi connectivity index (χ3v) is 6.26. The minimum atomic E-state index is -0.586. The Labute approximate surface area is 202 Å². The van der Waals surface area contributed by atoms with E-state index in [-0.39, 0.29) is 31.4 Å². The summed E-state index contributed by atoms with van der Waals surface area (Å²) in [7, 11) is 4.64. The van der Waals surface area contributed by atoms with Gasteiger partial charge >= 0.3 is 5.97 Å². The average molecular weight is 486 g/mol. The number of rotatable bonds is 8. The van der Waals surface area contributed by atoms with Crippen molar-refractivity contribution in [1.82, 2.24) is 10.2 Å². The van der Waals surface area contributed by atoms with E-state index in [1.165, 1.54) is 18.8 Å². The molecule has 1 atom stereocenters. The van der Waals surface area contributed by atoms with Gasteiger partial charge in [0.1, 0.15) is 0 Å². The quantitative estimate of drug-likeness (QED) is 0.573. The second-order valence-electron chi connectivity index (χ2n) is 7.26. The molecule has 2 amide bonds. The lowest BCUT2D eigenvalue weighted by Gasteiger charge is -2.31. The second kappa shape index (κ2) is 11.6. The fourth-order valence-electron chi connectivity index (χ4n) is 3.32. The average Bonchev–Trinajstić information content (AvgIpc) is 2.85. The molecule has 0 bridgehead atoms. The highest BCUT2D eigenvalue weighted by Gasteiger charge is 2.35. The molecule has 0 saturated carbocycles. The van der Waals surface area contributed by atoms with Gasteiger partial charge in [-0.1, -0.05) is 17.8 Å². The lowest BCUT2D eigenvalue weighted by Crippen LogP contribution is -2.45. The number of hydrogen-bond donors (Lipinski definition) is 1. The van der Waals surface area contributed by atoms with Gasteiger partial charge in [0.25, 0.3) is 0 Å². The van der Waals surface area contributed by atoms with E-state index < -0.39 is 11.2 Å². The molecule has 0 unspecified atom stereocenters. The van der Waals surface area contributed by atoms with Gasteiger partial charge in [-0.3, -0.25) is 14.5 Å². The lowest BCUT2D eigenvalue weighted by molar-refractivity contribution is -0.130. The molecule has 2 aromatic rings. The minimum Gasteiger partial charge on any atom is -0.493 e. The van der Waals surface area contributed by atoms with Crippen LogP contribution in [0.15, 0.2) is 47.5 Å². The summed E-state index contributed by atoms with van der Waals surface area (Å²) in [6.45, 7) is 2.27. The van der Waals surface area contributed by atoms with Gasteiger partial charge in [-0.15, -0.1) is 0 Å². The first-order valence-electron chi connectivity index (χ1n) is 10.7. The van der Waals surface area contributed by atoms with E-state index in [4.69, 9.17) is 14.2 Å². The van der Waals surface area contributed by atoms with Gasteiger partial charge in [-0.25, -0.2) is 9.79 Å². The third kappa shape index (κ3) is 5.88. The number of carbonyl (C=O) groups is 3. The van der Waals surface area contributed by atoms with Crippen molar-refractivity contribution in [3.05, 3.63) is 53.6 Å². The SMILES string of the molecule is CCOC(=O)c1ccc(N=C2S[C@@H](C(=O)NC)CC(=O)N2Cc2ccc(OC)c(OC)c2)cc1. The molecule has 10 heteroatoms. The van der Waals surface area contributed by atoms with Crippen molar-refractivity contribution in [1.29, 1.82) is 0 Å². The minimum absolute atomic E-state index is 0.0540. The Bertz CT molecular complexity index is 1090. The van der Waals surface area contributed by atoms with Crippen LogP contribution in [0.3, 0.4) is 0 Å². The van der Waals surface area contributed by atoms with Gasteiger partial charge in [-0.05, 0) is 48.9 Å². The van der Waals surface area contributed by atoms with Gasteiger partial charge in [-0.2, -0.15) is 0 Å². The Morgan fingerprint density at radius 2 is 1.82 bits per heavy atom. The van der Waals surface area contributed by atoms with Crippen LogP contribution in [-0.2, 0) is 20.9 Å². The van der Waals surface area contributed by atoms with Crippen molar-refractivity contribution in [2.75, 3.05) is 27.9 Å². The van der Waals surface area contributed by atoms with Gasteiger partial charge in [0.2, 0.25) is 11.8 Å². The van der Waals surface area contributed by atoms with E-state index in [1.54, 1.807) is 62.4 Å². The fourth-order valence-corrected chi connectivity index (χ4v) is 4.47. The molecule has 0 radical (unpaired) electrons. The number of amidine groups is 1. The fraction of sp³-hybridized carbons (Fsp3) is 0.333. The van der Waals surface area contributed by atoms with E-state index in [2.05, 4.69) is 10.3 Å². The highest BCUT2D eigenvalue weighted by Crippen LogP contribution is 2.32. The smallest absolute Gasteiger partial charge is 0.338 e. The molecule has 1 aliphatic rings. The maximum atomic E-state index is 13.1. The zero-order chi connectivity index (χ0) is 24.7. The Kier molecular flexibility index (Phi) is 8.53. The summed E-state index contributed by atoms with van der Waals surface area (Å²) in [6.07, 6.45) is 0.0540. The lowest BCUT2D eigenvalue weighted by atomic mass is 10.1. The first-order valence-corrected chi connectivity index (χ1v) is 11.5. The first-order chi connectivity index (χ1) is 16.4. The molecular formula is C24H27N3O6S. The summed E-state index contributed by atoms with van der Waals surface area (Å²) in [4.78, 5) is 43.4. The topological polar surface area (TPSA) is 107 Å². The number of methoxy groups -OCH3 is 2. The van der Waals surface area contributed by atoms with Crippen LogP contribution in [0.25, 0.3) is 0 Å². The van der Waals surface area contributed by atoms with Crippen LogP contribution in [0.5, 0.6) is 11.5 Å². The number of aliphatic imine (C=N–C) groups is 1. The Morgan fingerprint density at radius 3 is 2.44 bits per heavy atom. The van der Waals surface area contributed by atoms with Crippen molar-refractivity contribution in [3.63, 3.8) is 0 Å². The summed E-state index contributed by atoms with van der Waals surface area (Å²) in [5.41, 5.74) is 1.76. The van der Waals surface area contributed by atoms with Crippen LogP contribution >= 0.6 is 11.8 Å². The number of esters is 1. The number of hydrogen-bond acceptors (Lipinski definition) is 8. The molecule has 180 valence electrons. The van der Waals surface area contributed by atoms with E-state index >= 15 is 0 Å². The summed E-state index contributed by atoms with van der Waals surface area (Å²) >= 11 is 1.22. The summed E-state index contributed by atoms with van der Waals surface area (Å²) in [6, 6.07) is 12.0. The number of nitrogens with one attached hydrogen (secondary N) is 1. The van der Waals surface area contributed by atoms with Gasteiger partial charge in [0, 0.05) is 13.5 Å². The predicted octanol–water partition coefficient (Wildman–Crippen LogP) is 3.15. The van der Waals surface area contributed by atoms with Crippen LogP contribution in [0.2, 0.25) is 0 Å². The zero-order valence-electron chi connectivity index (χ0n) is 19.5. The van der Waals surface area contributed by atoms with Crippen LogP contribution in [0.4, 0.5) is 5.69 Å². The van der Waals surface area contributed by atoms with E-state index in [1.807, 2.05) is 6.07 Å². The standard InChI is InChI=1S/C24H27N3O6S/c1-5-33-23(30)16-7-9-17(10-8-16)26-24-27(21(28)13-20(34-24)22(29)25-2)14-15-6-11-18(31-3)19(12-15)32-4/h6-12,20H,5,13-14H2,1-4H3,(H,25,29)/t20-/m1/s1. The van der Waals surface area contributed by atoms with Crippen molar-refractivity contribution >= 4 is 40.4 Å². The molecule has 1 N–H and O–H groups in total. The van der Waals surface area contributed by atoms with E-state index in [0.717, 1.165) is 5.56 Å². The number of carbonyl (C=O) groups excluding carboxylic acids is 3. The van der Waals surface area contributed by atoms with E-state index in [0.29, 0.717) is 27.9 Å². The Balaban J connectivity index is 1.92. The van der Waals surface area contributed by atoms with Crippen molar-refractivity contribution in [2.24, 2.45) is 4.99 Å². The zero-order valence-corrected chi connectivity index (χ0v) is 20.3. The van der Waals surface area contributed by atoms with Crippen LogP contribution in [0.1, 0.15) is 29.3 Å². The Hall–Kier alpha value is -3.53. The van der Waals surface area contributed by atoms with Crippen molar-refractivity contribution in [2.45, 2.75) is 25.1 Å². The number of benzene rings is 2. The third-order valence-electron chi connectivity index (χ3n) is 5.07. The summed E-state index contributed by atoms with van der Waals surface area (Å²) in [5, 5.41) is 2.40. The molecule has 34 heavy (non-hydrogen) atoms. The molecular weight excluding hydrogens is 458 g/mol. The van der Waals surface area contributed by atoms with Gasteiger partial charge in [0.05, 0.1) is 43.9 Å². The van der Waals surface area contributed by atoms with Crippen LogP contribution < -0.4 is 14.8 Å². The van der Waals surface area contributed by atoms with E-state index in [9.17, 15) is 14.4 Å². The number of thioether (sulfide) groups is 1. The molecule has 1 heterocycles. The van der Waals surface area contributed by atoms with Crippen molar-refractivity contribution < 1.29 is 28.6 Å². The number of ether oxygens (including phenoxy) is 3. The molecule has 0 spiro atoms. The molecule has 0 aliphatic carbocycles. The number of amides is 2.